The molecule has 1 saturated carbocycles. The Hall–Kier alpha value is -3.25. The van der Waals surface area contributed by atoms with Gasteiger partial charge in [0.05, 0.1) is 0 Å². The van der Waals surface area contributed by atoms with Gasteiger partial charge in [0.2, 0.25) is 0 Å². The number of aromatic nitrogens is 2. The van der Waals surface area contributed by atoms with Crippen LogP contribution in [0.15, 0.2) is 66.9 Å². The number of benzene rings is 2. The molecule has 35 heavy (non-hydrogen) atoms. The van der Waals surface area contributed by atoms with Gasteiger partial charge in [0.15, 0.2) is 5.69 Å². The highest BCUT2D eigenvalue weighted by Crippen LogP contribution is 2.45. The summed E-state index contributed by atoms with van der Waals surface area (Å²) in [6.45, 7) is 8.41. The van der Waals surface area contributed by atoms with Crippen LogP contribution >= 0.6 is 0 Å². The minimum absolute atomic E-state index is 0.00362. The van der Waals surface area contributed by atoms with E-state index < -0.39 is 0 Å². The highest BCUT2D eigenvalue weighted by atomic mass is 16.1. The molecule has 2 aliphatic rings. The van der Waals surface area contributed by atoms with Gasteiger partial charge in [0.1, 0.15) is 0 Å². The van der Waals surface area contributed by atoms with E-state index in [1.54, 1.807) is 6.20 Å². The topological polar surface area (TPSA) is 61.4 Å². The molecule has 3 aromatic rings. The first-order chi connectivity index (χ1) is 17.0. The van der Waals surface area contributed by atoms with Gasteiger partial charge < -0.3 is 10.2 Å². The normalized spacial score (nSPS) is 23.1. The first-order valence-electron chi connectivity index (χ1n) is 12.8. The number of para-hydroxylation sites is 1. The molecule has 1 aliphatic heterocycles. The third-order valence-electron chi connectivity index (χ3n) is 7.78. The van der Waals surface area contributed by atoms with Crippen LogP contribution in [0.5, 0.6) is 0 Å². The molecule has 0 unspecified atom stereocenters. The van der Waals surface area contributed by atoms with Crippen LogP contribution in [-0.4, -0.2) is 47.2 Å². The van der Waals surface area contributed by atoms with Gasteiger partial charge in [-0.05, 0) is 67.1 Å². The third kappa shape index (κ3) is 4.94. The average molecular weight is 470 g/mol. The van der Waals surface area contributed by atoms with Gasteiger partial charge in [0, 0.05) is 49.3 Å². The Labute approximate surface area is 208 Å². The number of hydrogen-bond donors (Lipinski definition) is 1. The molecule has 1 aromatic heterocycles. The molecule has 6 nitrogen and oxygen atoms in total. The molecule has 1 amide bonds. The van der Waals surface area contributed by atoms with Gasteiger partial charge in [-0.3, -0.25) is 9.69 Å². The summed E-state index contributed by atoms with van der Waals surface area (Å²) in [5.41, 5.74) is 4.63. The number of carbonyl (C=O) groups is 1. The number of carbonyl (C=O) groups excluding carboxylic acids is 1. The van der Waals surface area contributed by atoms with Crippen molar-refractivity contribution in [2.75, 3.05) is 36.4 Å². The molecule has 182 valence electrons. The summed E-state index contributed by atoms with van der Waals surface area (Å²) in [6.07, 6.45) is 6.43. The average Bonchev–Trinajstić information content (AvgIpc) is 2.89. The van der Waals surface area contributed by atoms with Crippen LogP contribution in [0.25, 0.3) is 0 Å². The standard InChI is InChI=1S/C29H35N5O/c1-22-8-7-14-29(21-22,34-18-16-33(17-19-34)26-11-4-3-5-12-26)24-9-6-10-25(20-24)31-28(35)27-23(2)13-15-30-32-27/h3-6,9-13,15,20,22H,7-8,14,16-19,21H2,1-2H3,(H,31,35)/t22-,29-/m0/s1. The summed E-state index contributed by atoms with van der Waals surface area (Å²) in [5.74, 6) is 0.465. The van der Waals surface area contributed by atoms with Gasteiger partial charge >= 0.3 is 0 Å². The van der Waals surface area contributed by atoms with Gasteiger partial charge in [-0.2, -0.15) is 5.10 Å². The van der Waals surface area contributed by atoms with Crippen molar-refractivity contribution < 1.29 is 4.79 Å². The molecule has 1 saturated heterocycles. The van der Waals surface area contributed by atoms with E-state index in [9.17, 15) is 4.79 Å². The Morgan fingerprint density at radius 3 is 2.57 bits per heavy atom. The summed E-state index contributed by atoms with van der Waals surface area (Å²) in [6, 6.07) is 21.0. The number of piperazine rings is 1. The molecular formula is C29H35N5O. The zero-order chi connectivity index (χ0) is 24.3. The molecule has 1 aliphatic carbocycles. The Balaban J connectivity index is 1.39. The van der Waals surface area contributed by atoms with Crippen LogP contribution in [0.1, 0.15) is 54.2 Å². The van der Waals surface area contributed by atoms with Gasteiger partial charge in [-0.25, -0.2) is 0 Å². The van der Waals surface area contributed by atoms with E-state index in [1.165, 1.54) is 24.1 Å². The van der Waals surface area contributed by atoms with Crippen molar-refractivity contribution in [1.82, 2.24) is 15.1 Å². The molecule has 0 bridgehead atoms. The first kappa shape index (κ1) is 23.5. The Bertz CT molecular complexity index is 1160. The quantitative estimate of drug-likeness (QED) is 0.552. The van der Waals surface area contributed by atoms with Crippen molar-refractivity contribution in [2.24, 2.45) is 5.92 Å². The fraction of sp³-hybridized carbons (Fsp3) is 0.414. The van der Waals surface area contributed by atoms with Crippen LogP contribution in [0.4, 0.5) is 11.4 Å². The van der Waals surface area contributed by atoms with E-state index in [0.717, 1.165) is 50.3 Å². The van der Waals surface area contributed by atoms with E-state index >= 15 is 0 Å². The maximum atomic E-state index is 12.9. The SMILES string of the molecule is Cc1ccnnc1C(=O)Nc1cccc([C@]2(N3CCN(c4ccccc4)CC3)CCC[C@H](C)C2)c1. The number of nitrogens with zero attached hydrogens (tertiary/aromatic N) is 4. The third-order valence-corrected chi connectivity index (χ3v) is 7.78. The second-order valence-corrected chi connectivity index (χ2v) is 10.1. The van der Waals surface area contributed by atoms with Crippen LogP contribution in [0.3, 0.4) is 0 Å². The molecule has 2 aromatic carbocycles. The zero-order valence-corrected chi connectivity index (χ0v) is 20.8. The summed E-state index contributed by atoms with van der Waals surface area (Å²) >= 11 is 0. The highest BCUT2D eigenvalue weighted by Gasteiger charge is 2.42. The fourth-order valence-electron chi connectivity index (χ4n) is 5.98. The van der Waals surface area contributed by atoms with E-state index in [1.807, 2.05) is 19.1 Å². The second-order valence-electron chi connectivity index (χ2n) is 10.1. The van der Waals surface area contributed by atoms with E-state index in [4.69, 9.17) is 0 Å². The lowest BCUT2D eigenvalue weighted by molar-refractivity contribution is 0.0243. The van der Waals surface area contributed by atoms with Crippen molar-refractivity contribution in [3.05, 3.63) is 83.7 Å². The predicted molar refractivity (Wildman–Crippen MR) is 141 cm³/mol. The van der Waals surface area contributed by atoms with Crippen LogP contribution in [-0.2, 0) is 5.54 Å². The molecule has 5 rings (SSSR count). The zero-order valence-electron chi connectivity index (χ0n) is 20.8. The number of rotatable bonds is 5. The van der Waals surface area contributed by atoms with Gasteiger partial charge in [-0.15, -0.1) is 5.10 Å². The molecule has 2 heterocycles. The smallest absolute Gasteiger partial charge is 0.276 e. The maximum Gasteiger partial charge on any atom is 0.276 e. The lowest BCUT2D eigenvalue weighted by atomic mass is 9.71. The van der Waals surface area contributed by atoms with Crippen molar-refractivity contribution in [1.29, 1.82) is 0 Å². The van der Waals surface area contributed by atoms with Crippen molar-refractivity contribution in [3.8, 4) is 0 Å². The Morgan fingerprint density at radius 2 is 1.83 bits per heavy atom. The number of anilines is 2. The summed E-state index contributed by atoms with van der Waals surface area (Å²) in [5, 5.41) is 11.0. The van der Waals surface area contributed by atoms with Gasteiger partial charge in [0.25, 0.3) is 5.91 Å². The summed E-state index contributed by atoms with van der Waals surface area (Å²) < 4.78 is 0. The van der Waals surface area contributed by atoms with Crippen LogP contribution in [0.2, 0.25) is 0 Å². The molecule has 6 heteroatoms. The van der Waals surface area contributed by atoms with Crippen LogP contribution in [0, 0.1) is 12.8 Å². The summed E-state index contributed by atoms with van der Waals surface area (Å²) in [7, 11) is 0. The molecule has 0 radical (unpaired) electrons. The minimum Gasteiger partial charge on any atom is -0.369 e. The maximum absolute atomic E-state index is 12.9. The van der Waals surface area contributed by atoms with Crippen molar-refractivity contribution in [2.45, 2.75) is 45.1 Å². The summed E-state index contributed by atoms with van der Waals surface area (Å²) in [4.78, 5) is 18.1. The molecule has 2 atom stereocenters. The predicted octanol–water partition coefficient (Wildman–Crippen LogP) is 5.26. The molecule has 1 N–H and O–H groups in total. The fourth-order valence-corrected chi connectivity index (χ4v) is 5.98. The van der Waals surface area contributed by atoms with Crippen molar-refractivity contribution >= 4 is 17.3 Å². The lowest BCUT2D eigenvalue weighted by Gasteiger charge is -2.52. The number of amides is 1. The van der Waals surface area contributed by atoms with E-state index in [2.05, 4.69) is 80.8 Å². The Morgan fingerprint density at radius 1 is 1.03 bits per heavy atom. The Kier molecular flexibility index (Phi) is 6.82. The van der Waals surface area contributed by atoms with Crippen LogP contribution < -0.4 is 10.2 Å². The van der Waals surface area contributed by atoms with Crippen molar-refractivity contribution in [3.63, 3.8) is 0 Å². The van der Waals surface area contributed by atoms with Gasteiger partial charge in [-0.1, -0.05) is 50.1 Å². The lowest BCUT2D eigenvalue weighted by Crippen LogP contribution is -2.57. The van der Waals surface area contributed by atoms with E-state index in [0.29, 0.717) is 11.6 Å². The molecular weight excluding hydrogens is 434 g/mol. The number of hydrogen-bond acceptors (Lipinski definition) is 5. The molecule has 0 spiro atoms. The largest absolute Gasteiger partial charge is 0.369 e. The highest BCUT2D eigenvalue weighted by molar-refractivity contribution is 6.03. The second kappa shape index (κ2) is 10.2. The van der Waals surface area contributed by atoms with E-state index in [-0.39, 0.29) is 11.4 Å². The monoisotopic (exact) mass is 469 g/mol. The number of nitrogens with one attached hydrogen (secondary N) is 1. The minimum atomic E-state index is -0.213. The molecule has 2 fully saturated rings. The number of aryl methyl sites for hydroxylation is 1. The first-order valence-corrected chi connectivity index (χ1v) is 12.8.